The van der Waals surface area contributed by atoms with Gasteiger partial charge in [0, 0.05) is 6.21 Å². The molecule has 4 aliphatic rings. The fourth-order valence-corrected chi connectivity index (χ4v) is 6.40. The minimum absolute atomic E-state index is 0.00197. The Kier molecular flexibility index (Phi) is 4.44. The molecule has 0 atom stereocenters. The number of nitrogens with one attached hydrogen (secondary N) is 1. The van der Waals surface area contributed by atoms with Gasteiger partial charge in [-0.3, -0.25) is 19.3 Å². The van der Waals surface area contributed by atoms with Gasteiger partial charge in [0.15, 0.2) is 4.77 Å². The molecule has 1 aromatic carbocycles. The number of hydrogen-bond acceptors (Lipinski definition) is 4. The molecule has 0 amide bonds. The molecule has 0 radical (unpaired) electrons. The van der Waals surface area contributed by atoms with E-state index in [1.54, 1.807) is 0 Å². The molecular weight excluding hydrogens is 413 g/mol. The Bertz CT molecular complexity index is 1100. The van der Waals surface area contributed by atoms with Gasteiger partial charge in [0.25, 0.3) is 5.56 Å². The number of hydrogen-bond donors (Lipinski definition) is 2. The first-order chi connectivity index (χ1) is 13.8. The minimum atomic E-state index is -0.575. The number of rotatable bonds is 3. The van der Waals surface area contributed by atoms with E-state index in [-0.39, 0.29) is 26.8 Å². The van der Waals surface area contributed by atoms with Gasteiger partial charge in [0.1, 0.15) is 11.4 Å². The maximum atomic E-state index is 13.5. The van der Waals surface area contributed by atoms with Crippen molar-refractivity contribution in [3.63, 3.8) is 0 Å². The maximum Gasteiger partial charge on any atom is 0.264 e. The molecule has 152 valence electrons. The van der Waals surface area contributed by atoms with Crippen LogP contribution in [-0.2, 0) is 0 Å². The predicted octanol–water partition coefficient (Wildman–Crippen LogP) is 4.78. The van der Waals surface area contributed by atoms with Crippen molar-refractivity contribution >= 4 is 30.0 Å². The van der Waals surface area contributed by atoms with E-state index >= 15 is 0 Å². The van der Waals surface area contributed by atoms with Gasteiger partial charge < -0.3 is 5.11 Å². The second-order valence-corrected chi connectivity index (χ2v) is 9.62. The summed E-state index contributed by atoms with van der Waals surface area (Å²) < 4.78 is 14.8. The van der Waals surface area contributed by atoms with E-state index in [4.69, 9.17) is 28.8 Å². The van der Waals surface area contributed by atoms with Crippen molar-refractivity contribution in [2.75, 3.05) is 0 Å². The van der Waals surface area contributed by atoms with Crippen LogP contribution >= 0.6 is 23.8 Å². The Morgan fingerprint density at radius 1 is 1.24 bits per heavy atom. The van der Waals surface area contributed by atoms with Gasteiger partial charge in [-0.2, -0.15) is 0 Å². The van der Waals surface area contributed by atoms with E-state index in [0.29, 0.717) is 5.69 Å². The quantitative estimate of drug-likeness (QED) is 0.540. The fourth-order valence-electron chi connectivity index (χ4n) is 5.94. The smallest absolute Gasteiger partial charge is 0.264 e. The molecule has 4 saturated carbocycles. The fraction of sp³-hybridized carbons (Fsp3) is 0.476. The molecule has 0 aliphatic heterocycles. The topological polar surface area (TPSA) is 70.4 Å². The van der Waals surface area contributed by atoms with Gasteiger partial charge in [-0.1, -0.05) is 11.6 Å². The zero-order chi connectivity index (χ0) is 20.3. The van der Waals surface area contributed by atoms with Gasteiger partial charge in [0.05, 0.1) is 16.2 Å². The lowest BCUT2D eigenvalue weighted by Gasteiger charge is -2.54. The first kappa shape index (κ1) is 19.0. The molecule has 1 aromatic heterocycles. The molecule has 0 spiro atoms. The summed E-state index contributed by atoms with van der Waals surface area (Å²) in [6.45, 7) is 0. The molecule has 0 saturated heterocycles. The van der Waals surface area contributed by atoms with Crippen LogP contribution < -0.4 is 5.56 Å². The Hall–Kier alpha value is -1.99. The lowest BCUT2D eigenvalue weighted by Crippen LogP contribution is -2.49. The maximum absolute atomic E-state index is 13.5. The first-order valence-corrected chi connectivity index (χ1v) is 10.7. The summed E-state index contributed by atoms with van der Waals surface area (Å²) in [6.07, 6.45) is 8.57. The number of H-pyrrole nitrogens is 1. The molecule has 29 heavy (non-hydrogen) atoms. The van der Waals surface area contributed by atoms with Crippen LogP contribution in [0.25, 0.3) is 5.69 Å². The van der Waals surface area contributed by atoms with E-state index in [9.17, 15) is 14.3 Å². The van der Waals surface area contributed by atoms with Crippen LogP contribution in [0.3, 0.4) is 0 Å². The molecular formula is C21H21ClFN3O2S. The average Bonchev–Trinajstić information content (AvgIpc) is 2.63. The van der Waals surface area contributed by atoms with Crippen molar-refractivity contribution in [1.29, 1.82) is 0 Å². The molecule has 2 N–H and O–H groups in total. The van der Waals surface area contributed by atoms with Crippen LogP contribution in [0.2, 0.25) is 5.02 Å². The minimum Gasteiger partial charge on any atom is -0.494 e. The zero-order valence-electron chi connectivity index (χ0n) is 15.7. The highest BCUT2D eigenvalue weighted by Gasteiger charge is 2.50. The number of nitrogens with zero attached hydrogens (tertiary/aromatic N) is 2. The third-order valence-corrected chi connectivity index (χ3v) is 7.33. The normalized spacial score (nSPS) is 30.3. The van der Waals surface area contributed by atoms with Crippen molar-refractivity contribution in [3.05, 3.63) is 49.7 Å². The summed E-state index contributed by atoms with van der Waals surface area (Å²) in [5.74, 6) is 1.29. The van der Waals surface area contributed by atoms with Gasteiger partial charge in [0.2, 0.25) is 5.88 Å². The zero-order valence-corrected chi connectivity index (χ0v) is 17.3. The number of benzene rings is 1. The first-order valence-electron chi connectivity index (χ1n) is 9.92. The number of aliphatic imine (C=N–C) groups is 1. The van der Waals surface area contributed by atoms with E-state index < -0.39 is 11.4 Å². The lowest BCUT2D eigenvalue weighted by molar-refractivity contribution is 0.00194. The summed E-state index contributed by atoms with van der Waals surface area (Å²) >= 11 is 11.1. The largest absolute Gasteiger partial charge is 0.494 e. The van der Waals surface area contributed by atoms with Crippen molar-refractivity contribution in [3.8, 4) is 11.6 Å². The van der Waals surface area contributed by atoms with Crippen LogP contribution in [-0.4, -0.2) is 26.4 Å². The molecule has 8 heteroatoms. The molecule has 2 aromatic rings. The van der Waals surface area contributed by atoms with Crippen molar-refractivity contribution < 1.29 is 9.50 Å². The van der Waals surface area contributed by atoms with Gasteiger partial charge in [-0.05, 0) is 86.7 Å². The number of aromatic amines is 1. The SMILES string of the molecule is O=c1[nH]c(=S)n(-c2ccc(F)c(Cl)c2)c(O)c1C=NC12CC3CC(CC(C3)C1)C2. The Morgan fingerprint density at radius 2 is 1.86 bits per heavy atom. The molecule has 1 heterocycles. The Balaban J connectivity index is 1.56. The Labute approximate surface area is 177 Å². The highest BCUT2D eigenvalue weighted by molar-refractivity contribution is 7.71. The van der Waals surface area contributed by atoms with Gasteiger partial charge >= 0.3 is 0 Å². The molecule has 4 fully saturated rings. The van der Waals surface area contributed by atoms with Crippen molar-refractivity contribution in [2.24, 2.45) is 22.7 Å². The third-order valence-electron chi connectivity index (χ3n) is 6.76. The molecule has 0 unspecified atom stereocenters. The molecule has 5 nitrogen and oxygen atoms in total. The monoisotopic (exact) mass is 433 g/mol. The molecule has 4 aliphatic carbocycles. The summed E-state index contributed by atoms with van der Waals surface area (Å²) in [4.78, 5) is 19.9. The molecule has 4 bridgehead atoms. The second kappa shape index (κ2) is 6.77. The Morgan fingerprint density at radius 3 is 2.45 bits per heavy atom. The van der Waals surface area contributed by atoms with Gasteiger partial charge in [-0.25, -0.2) is 4.39 Å². The summed E-state index contributed by atoms with van der Waals surface area (Å²) in [5.41, 5.74) is -0.204. The number of halogens is 2. The number of aromatic hydroxyl groups is 1. The van der Waals surface area contributed by atoms with Crippen LogP contribution in [0.5, 0.6) is 5.88 Å². The van der Waals surface area contributed by atoms with E-state index in [0.717, 1.165) is 37.0 Å². The summed E-state index contributed by atoms with van der Waals surface area (Å²) in [6, 6.07) is 3.98. The highest BCUT2D eigenvalue weighted by Crippen LogP contribution is 2.57. The van der Waals surface area contributed by atoms with E-state index in [2.05, 4.69) is 4.98 Å². The number of aromatic nitrogens is 2. The third kappa shape index (κ3) is 3.24. The van der Waals surface area contributed by atoms with Crippen LogP contribution in [0, 0.1) is 28.3 Å². The highest BCUT2D eigenvalue weighted by atomic mass is 35.5. The van der Waals surface area contributed by atoms with E-state index in [1.165, 1.54) is 48.2 Å². The average molecular weight is 434 g/mol. The van der Waals surface area contributed by atoms with Gasteiger partial charge in [-0.15, -0.1) is 0 Å². The summed E-state index contributed by atoms with van der Waals surface area (Å²) in [5, 5.41) is 10.7. The van der Waals surface area contributed by atoms with Crippen LogP contribution in [0.1, 0.15) is 44.1 Å². The van der Waals surface area contributed by atoms with Crippen LogP contribution in [0.4, 0.5) is 4.39 Å². The van der Waals surface area contributed by atoms with Crippen LogP contribution in [0.15, 0.2) is 28.0 Å². The second-order valence-electron chi connectivity index (χ2n) is 8.83. The van der Waals surface area contributed by atoms with E-state index in [1.807, 2.05) is 0 Å². The predicted molar refractivity (Wildman–Crippen MR) is 112 cm³/mol. The van der Waals surface area contributed by atoms with Crippen molar-refractivity contribution in [2.45, 2.75) is 44.1 Å². The summed E-state index contributed by atoms with van der Waals surface area (Å²) in [7, 11) is 0. The lowest BCUT2D eigenvalue weighted by atomic mass is 9.53. The molecule has 6 rings (SSSR count). The standard InChI is InChI=1S/C21H21ClFN3O2S/c22-16-6-14(1-2-17(16)23)26-19(28)15(18(27)25-20(26)29)10-24-21-7-11-3-12(8-21)5-13(4-11)9-21/h1-2,6,10-13,28H,3-5,7-9H2,(H,25,27,29). The van der Waals surface area contributed by atoms with Crippen molar-refractivity contribution in [1.82, 2.24) is 9.55 Å².